The smallest absolute Gasteiger partial charge is 0.335 e. The average molecular weight is 714 g/mol. The van der Waals surface area contributed by atoms with Crippen molar-refractivity contribution in [2.45, 2.75) is 115 Å². The highest BCUT2D eigenvalue weighted by Crippen LogP contribution is 2.79. The van der Waals surface area contributed by atoms with Crippen molar-refractivity contribution in [3.05, 3.63) is 23.5 Å². The molecule has 12 heteroatoms. The van der Waals surface area contributed by atoms with Gasteiger partial charge in [-0.2, -0.15) is 0 Å². The summed E-state index contributed by atoms with van der Waals surface area (Å²) in [5.74, 6) is -2.06. The summed E-state index contributed by atoms with van der Waals surface area (Å²) in [6, 6.07) is 0.277. The van der Waals surface area contributed by atoms with Gasteiger partial charge < -0.3 is 44.5 Å². The number of aliphatic hydroxyl groups excluding tert-OH is 3. The Morgan fingerprint density at radius 1 is 1.04 bits per heavy atom. The number of fused-ring (bicyclic) bond motifs is 1. The van der Waals surface area contributed by atoms with E-state index in [4.69, 9.17) is 18.9 Å². The summed E-state index contributed by atoms with van der Waals surface area (Å²) in [5, 5.41) is 55.3. The first-order valence-corrected chi connectivity index (χ1v) is 19.5. The van der Waals surface area contributed by atoms with E-state index < -0.39 is 66.1 Å². The second kappa shape index (κ2) is 12.0. The number of aliphatic hydroxyl groups is 4. The summed E-state index contributed by atoms with van der Waals surface area (Å²) in [6.45, 7) is 8.11. The average Bonchev–Trinajstić information content (AvgIpc) is 3.83. The number of rotatable bonds is 7. The van der Waals surface area contributed by atoms with Crippen LogP contribution in [0.2, 0.25) is 0 Å². The molecule has 18 atom stereocenters. The molecule has 9 rings (SSSR count). The fourth-order valence-corrected chi connectivity index (χ4v) is 14.1. The van der Waals surface area contributed by atoms with Crippen LogP contribution in [0.4, 0.5) is 0 Å². The van der Waals surface area contributed by atoms with Crippen LogP contribution >= 0.6 is 0 Å². The van der Waals surface area contributed by atoms with Gasteiger partial charge in [-0.05, 0) is 86.0 Å². The molecule has 4 aliphatic heterocycles. The van der Waals surface area contributed by atoms with Gasteiger partial charge in [-0.25, -0.2) is 4.79 Å². The van der Waals surface area contributed by atoms with Crippen molar-refractivity contribution < 1.29 is 54.1 Å². The Morgan fingerprint density at radius 3 is 2.57 bits per heavy atom. The minimum atomic E-state index is -1.27. The van der Waals surface area contributed by atoms with Crippen LogP contribution in [-0.2, 0) is 28.5 Å². The van der Waals surface area contributed by atoms with Gasteiger partial charge in [-0.1, -0.05) is 26.8 Å². The molecule has 3 unspecified atom stereocenters. The minimum absolute atomic E-state index is 0.0420. The van der Waals surface area contributed by atoms with Gasteiger partial charge in [0.15, 0.2) is 6.29 Å². The summed E-state index contributed by atoms with van der Waals surface area (Å²) in [6.07, 6.45) is 4.44. The zero-order valence-electron chi connectivity index (χ0n) is 29.9. The van der Waals surface area contributed by atoms with E-state index in [9.17, 15) is 35.1 Å². The molecule has 4 bridgehead atoms. The van der Waals surface area contributed by atoms with E-state index in [1.165, 1.54) is 6.42 Å². The van der Waals surface area contributed by atoms with Gasteiger partial charge in [0.25, 0.3) is 0 Å². The van der Waals surface area contributed by atoms with E-state index in [-0.39, 0.29) is 53.5 Å². The summed E-state index contributed by atoms with van der Waals surface area (Å²) >= 11 is 0. The molecule has 51 heavy (non-hydrogen) atoms. The molecule has 0 radical (unpaired) electrons. The number of aliphatic carboxylic acids is 1. The number of carbonyl (C=O) groups excluding carboxylic acids is 1. The predicted molar refractivity (Wildman–Crippen MR) is 179 cm³/mol. The molecule has 282 valence electrons. The number of esters is 1. The Morgan fingerprint density at radius 2 is 1.80 bits per heavy atom. The van der Waals surface area contributed by atoms with E-state index in [0.29, 0.717) is 36.2 Å². The van der Waals surface area contributed by atoms with Crippen LogP contribution in [0, 0.1) is 64.1 Å². The summed E-state index contributed by atoms with van der Waals surface area (Å²) in [7, 11) is 0. The number of nitrogens with zero attached hydrogens (tertiary/aromatic N) is 1. The third kappa shape index (κ3) is 4.50. The largest absolute Gasteiger partial charge is 0.478 e. The highest BCUT2D eigenvalue weighted by Gasteiger charge is 2.82. The molecule has 4 saturated carbocycles. The summed E-state index contributed by atoms with van der Waals surface area (Å²) in [4.78, 5) is 28.9. The molecule has 5 aliphatic carbocycles. The van der Waals surface area contributed by atoms with Crippen LogP contribution in [0.3, 0.4) is 0 Å². The van der Waals surface area contributed by atoms with E-state index in [2.05, 4.69) is 18.7 Å². The minimum Gasteiger partial charge on any atom is -0.478 e. The Balaban J connectivity index is 0.942. The third-order valence-electron chi connectivity index (χ3n) is 16.5. The molecular weight excluding hydrogens is 658 g/mol. The molecule has 12 nitrogen and oxygen atoms in total. The Kier molecular flexibility index (Phi) is 8.14. The topological polar surface area (TPSA) is 175 Å². The van der Waals surface area contributed by atoms with Crippen molar-refractivity contribution in [1.29, 1.82) is 0 Å². The monoisotopic (exact) mass is 713 g/mol. The molecular formula is C39H55NO11. The maximum Gasteiger partial charge on any atom is 0.335 e. The molecule has 0 aromatic carbocycles. The van der Waals surface area contributed by atoms with Gasteiger partial charge in [-0.3, -0.25) is 9.69 Å². The maximum absolute atomic E-state index is 14.3. The fourth-order valence-electron chi connectivity index (χ4n) is 14.1. The van der Waals surface area contributed by atoms with Gasteiger partial charge in [0.1, 0.15) is 18.8 Å². The van der Waals surface area contributed by atoms with Crippen LogP contribution in [0.25, 0.3) is 0 Å². The predicted octanol–water partition coefficient (Wildman–Crippen LogP) is 2.43. The Bertz CT molecular complexity index is 1520. The van der Waals surface area contributed by atoms with Gasteiger partial charge >= 0.3 is 11.9 Å². The standard InChI is InChI=1S/C39H55NO11/c1-18-13-40-14-22-6-5-21-7-9-27-25(12-38(39(21,27)47)32(40)23(18)10-11-37(22,38)3)34(46)48-17-28-30(42)19(2)31(43)36(50-28)51-35-29-20(15-41)4-8-24(29)26(16-49-35)33(44)45/h4,16,18-19,21-25,27-32,35-36,41-43,47H,5-15,17H2,1-3H3,(H,44,45)/t18-,19+,21+,22+,23-,24-,25-,27?,28-,29-,30+,31-,32?,35+,36+,37+,38?,39+/m1/s1. The number of carboxylic acid groups (broad SMARTS) is 1. The lowest BCUT2D eigenvalue weighted by atomic mass is 9.41. The number of allylic oxidation sites excluding steroid dienone is 1. The second-order valence-electron chi connectivity index (χ2n) is 18.1. The van der Waals surface area contributed by atoms with Crippen LogP contribution < -0.4 is 0 Å². The first kappa shape index (κ1) is 34.7. The third-order valence-corrected chi connectivity index (χ3v) is 16.5. The van der Waals surface area contributed by atoms with Crippen molar-refractivity contribution in [3.63, 3.8) is 0 Å². The highest BCUT2D eigenvalue weighted by molar-refractivity contribution is 5.87. The molecule has 0 aromatic heterocycles. The number of hydrogen-bond donors (Lipinski definition) is 5. The van der Waals surface area contributed by atoms with Gasteiger partial charge in [0.05, 0.1) is 42.0 Å². The number of hydrogen-bond acceptors (Lipinski definition) is 11. The molecule has 3 saturated heterocycles. The normalized spacial score (nSPS) is 53.7. The van der Waals surface area contributed by atoms with E-state index in [1.807, 2.05) is 0 Å². The van der Waals surface area contributed by atoms with Crippen LogP contribution in [0.5, 0.6) is 0 Å². The number of carboxylic acids is 1. The van der Waals surface area contributed by atoms with Crippen molar-refractivity contribution in [3.8, 4) is 0 Å². The summed E-state index contributed by atoms with van der Waals surface area (Å²) < 4.78 is 24.1. The zero-order valence-corrected chi connectivity index (χ0v) is 29.9. The lowest BCUT2D eigenvalue weighted by Crippen LogP contribution is -2.73. The summed E-state index contributed by atoms with van der Waals surface area (Å²) in [5.41, 5.74) is -0.653. The Hall–Kier alpha value is -2.06. The molecule has 4 heterocycles. The zero-order chi connectivity index (χ0) is 35.8. The highest BCUT2D eigenvalue weighted by atomic mass is 16.8. The van der Waals surface area contributed by atoms with Crippen LogP contribution in [0.15, 0.2) is 23.5 Å². The fraction of sp³-hybridized carbons (Fsp3) is 0.846. The van der Waals surface area contributed by atoms with Crippen molar-refractivity contribution >= 4 is 11.9 Å². The Labute approximate surface area is 299 Å². The molecule has 0 aromatic rings. The van der Waals surface area contributed by atoms with Gasteiger partial charge in [-0.15, -0.1) is 0 Å². The number of ether oxygens (including phenoxy) is 4. The van der Waals surface area contributed by atoms with Crippen molar-refractivity contribution in [1.82, 2.24) is 4.90 Å². The second-order valence-corrected chi connectivity index (χ2v) is 18.1. The van der Waals surface area contributed by atoms with Crippen molar-refractivity contribution in [2.24, 2.45) is 64.1 Å². The van der Waals surface area contributed by atoms with E-state index in [0.717, 1.165) is 51.5 Å². The van der Waals surface area contributed by atoms with E-state index in [1.54, 1.807) is 13.0 Å². The van der Waals surface area contributed by atoms with Gasteiger partial charge in [0, 0.05) is 42.3 Å². The molecule has 7 fully saturated rings. The van der Waals surface area contributed by atoms with E-state index >= 15 is 0 Å². The molecule has 0 amide bonds. The van der Waals surface area contributed by atoms with Crippen LogP contribution in [-0.4, -0.2) is 111 Å². The van der Waals surface area contributed by atoms with Crippen LogP contribution in [0.1, 0.15) is 72.1 Å². The lowest BCUT2D eigenvalue weighted by Gasteiger charge is -2.68. The SMILES string of the molecule is C[C@@H]1[C@@H](O)[C@H](O[C@@H]2OC=C(C(=O)O)[C@H]3CC=C(CO)[C@@H]23)O[C@H](COC(=O)[C@@H]2CC34C5[C@@H]6CC[C@@]3(C)[C@@H](CC[C@H]3CCC2[C@@]34O)CN5C[C@H]6C)[C@H]1O. The molecule has 1 spiro atoms. The molecule has 9 aliphatic rings. The van der Waals surface area contributed by atoms with Crippen molar-refractivity contribution in [2.75, 3.05) is 26.3 Å². The van der Waals surface area contributed by atoms with Gasteiger partial charge in [0.2, 0.25) is 6.29 Å². The quantitative estimate of drug-likeness (QED) is 0.193. The maximum atomic E-state index is 14.3. The number of carbonyl (C=O) groups is 2. The first-order valence-electron chi connectivity index (χ1n) is 19.5. The number of piperidine rings is 1. The molecule has 5 N–H and O–H groups in total. The lowest BCUT2D eigenvalue weighted by molar-refractivity contribution is -0.331. The first-order chi connectivity index (χ1) is 24.4.